The Kier molecular flexibility index (Phi) is 2.91. The summed E-state index contributed by atoms with van der Waals surface area (Å²) >= 11 is 5.06. The summed E-state index contributed by atoms with van der Waals surface area (Å²) in [5.74, 6) is 0.636. The van der Waals surface area contributed by atoms with Gasteiger partial charge in [-0.05, 0) is 37.2 Å². The number of rotatable bonds is 2. The van der Waals surface area contributed by atoms with Crippen molar-refractivity contribution in [2.24, 2.45) is 0 Å². The van der Waals surface area contributed by atoms with Crippen molar-refractivity contribution < 1.29 is 0 Å². The molecule has 5 heteroatoms. The molecule has 2 heterocycles. The summed E-state index contributed by atoms with van der Waals surface area (Å²) < 4.78 is 2.32. The molecule has 0 aliphatic heterocycles. The van der Waals surface area contributed by atoms with Gasteiger partial charge in [0.25, 0.3) is 5.78 Å². The largest absolute Gasteiger partial charge is 0.265 e. The molecule has 0 aliphatic carbocycles. The first kappa shape index (κ1) is 12.0. The van der Waals surface area contributed by atoms with Crippen molar-refractivity contribution in [3.8, 4) is 0 Å². The molecule has 0 saturated carbocycles. The maximum Gasteiger partial charge on any atom is 0.252 e. The van der Waals surface area contributed by atoms with Gasteiger partial charge in [0.15, 0.2) is 0 Å². The van der Waals surface area contributed by atoms with E-state index in [4.69, 9.17) is 12.2 Å². The number of hydrogen-bond acceptors (Lipinski definition) is 3. The Hall–Kier alpha value is -2.01. The molecule has 96 valence electrons. The van der Waals surface area contributed by atoms with Gasteiger partial charge >= 0.3 is 0 Å². The van der Waals surface area contributed by atoms with Crippen molar-refractivity contribution in [3.05, 3.63) is 57.6 Å². The first-order valence-electron chi connectivity index (χ1n) is 6.14. The molecule has 2 aromatic heterocycles. The van der Waals surface area contributed by atoms with Crippen LogP contribution < -0.4 is 0 Å². The lowest BCUT2D eigenvalue weighted by molar-refractivity contribution is 0.852. The second kappa shape index (κ2) is 4.59. The van der Waals surface area contributed by atoms with Crippen LogP contribution in [0, 0.1) is 18.6 Å². The molecule has 0 atom stereocenters. The highest BCUT2D eigenvalue weighted by atomic mass is 32.1. The summed E-state index contributed by atoms with van der Waals surface area (Å²) in [6, 6.07) is 10.4. The monoisotopic (exact) mass is 270 g/mol. The molecule has 0 amide bonds. The second-order valence-corrected chi connectivity index (χ2v) is 4.97. The lowest BCUT2D eigenvalue weighted by Gasteiger charge is -2.10. The molecule has 0 radical (unpaired) electrons. The lowest BCUT2D eigenvalue weighted by Crippen LogP contribution is -2.06. The number of hydrogen-bond donors (Lipinski definition) is 1. The summed E-state index contributed by atoms with van der Waals surface area (Å²) in [5.41, 5.74) is 4.59. The van der Waals surface area contributed by atoms with E-state index >= 15 is 0 Å². The summed E-state index contributed by atoms with van der Waals surface area (Å²) in [4.78, 5) is 8.70. The first-order chi connectivity index (χ1) is 9.15. The van der Waals surface area contributed by atoms with Crippen LogP contribution in [0.4, 0.5) is 0 Å². The van der Waals surface area contributed by atoms with E-state index in [2.05, 4.69) is 46.3 Å². The Morgan fingerprint density at radius 3 is 2.63 bits per heavy atom. The number of benzene rings is 1. The number of H-pyrrole nitrogens is 1. The van der Waals surface area contributed by atoms with Crippen LogP contribution in [0.15, 0.2) is 30.3 Å². The van der Waals surface area contributed by atoms with Gasteiger partial charge in [0.05, 0.1) is 0 Å². The van der Waals surface area contributed by atoms with Gasteiger partial charge in [-0.2, -0.15) is 4.98 Å². The molecule has 3 rings (SSSR count). The molecule has 1 aromatic carbocycles. The van der Waals surface area contributed by atoms with Gasteiger partial charge in [-0.1, -0.05) is 30.3 Å². The van der Waals surface area contributed by atoms with Crippen molar-refractivity contribution in [1.82, 2.24) is 19.6 Å². The van der Waals surface area contributed by atoms with Crippen molar-refractivity contribution in [2.45, 2.75) is 20.3 Å². The fourth-order valence-corrected chi connectivity index (χ4v) is 2.46. The van der Waals surface area contributed by atoms with Crippen LogP contribution in [0.2, 0.25) is 0 Å². The quantitative estimate of drug-likeness (QED) is 0.728. The Bertz CT molecular complexity index is 786. The zero-order valence-corrected chi connectivity index (χ0v) is 11.7. The van der Waals surface area contributed by atoms with Gasteiger partial charge in [-0.15, -0.1) is 0 Å². The van der Waals surface area contributed by atoms with E-state index in [1.807, 2.05) is 17.5 Å². The zero-order chi connectivity index (χ0) is 13.4. The van der Waals surface area contributed by atoms with Crippen LogP contribution in [0.5, 0.6) is 0 Å². The van der Waals surface area contributed by atoms with Gasteiger partial charge in [0.2, 0.25) is 4.77 Å². The molecule has 0 spiro atoms. The molecule has 4 nitrogen and oxygen atoms in total. The number of aromatic nitrogens is 4. The molecule has 1 N–H and O–H groups in total. The van der Waals surface area contributed by atoms with Crippen LogP contribution in [-0.4, -0.2) is 19.6 Å². The minimum Gasteiger partial charge on any atom is -0.265 e. The molecule has 3 aromatic rings. The SMILES string of the molecule is Cc1nc2nc(=S)[nH]n2c(C)c1Cc1ccccc1. The van der Waals surface area contributed by atoms with E-state index in [1.165, 1.54) is 11.1 Å². The second-order valence-electron chi connectivity index (χ2n) is 4.59. The van der Waals surface area contributed by atoms with Crippen molar-refractivity contribution in [1.29, 1.82) is 0 Å². The molecule has 0 aliphatic rings. The smallest absolute Gasteiger partial charge is 0.252 e. The van der Waals surface area contributed by atoms with Crippen molar-refractivity contribution in [2.75, 3.05) is 0 Å². The molecular formula is C14H14N4S. The van der Waals surface area contributed by atoms with E-state index < -0.39 is 0 Å². The third-order valence-corrected chi connectivity index (χ3v) is 3.49. The minimum atomic E-state index is 0.465. The van der Waals surface area contributed by atoms with E-state index in [0.717, 1.165) is 17.8 Å². The van der Waals surface area contributed by atoms with E-state index in [-0.39, 0.29) is 0 Å². The van der Waals surface area contributed by atoms with E-state index in [1.54, 1.807) is 0 Å². The highest BCUT2D eigenvalue weighted by Crippen LogP contribution is 2.17. The average molecular weight is 270 g/mol. The van der Waals surface area contributed by atoms with Crippen LogP contribution in [0.1, 0.15) is 22.5 Å². The third-order valence-electron chi connectivity index (χ3n) is 3.31. The standard InChI is InChI=1S/C14H14N4S/c1-9-12(8-11-6-4-3-5-7-11)10(2)18-13(15-9)16-14(19)17-18/h3-7H,8H2,1-2H3,(H,17,19). The number of aryl methyl sites for hydroxylation is 2. The van der Waals surface area contributed by atoms with Crippen LogP contribution in [-0.2, 0) is 6.42 Å². The highest BCUT2D eigenvalue weighted by molar-refractivity contribution is 7.71. The predicted molar refractivity (Wildman–Crippen MR) is 76.9 cm³/mol. The molecule has 0 unspecified atom stereocenters. The van der Waals surface area contributed by atoms with Gasteiger partial charge in [-0.25, -0.2) is 9.50 Å². The summed E-state index contributed by atoms with van der Waals surface area (Å²) in [5, 5.41) is 3.04. The summed E-state index contributed by atoms with van der Waals surface area (Å²) in [7, 11) is 0. The first-order valence-corrected chi connectivity index (χ1v) is 6.55. The fourth-order valence-electron chi connectivity index (χ4n) is 2.29. The number of nitrogens with zero attached hydrogens (tertiary/aromatic N) is 3. The maximum atomic E-state index is 5.06. The van der Waals surface area contributed by atoms with Gasteiger partial charge < -0.3 is 0 Å². The molecule has 19 heavy (non-hydrogen) atoms. The average Bonchev–Trinajstić information content (AvgIpc) is 2.76. The minimum absolute atomic E-state index is 0.465. The normalized spacial score (nSPS) is 11.1. The van der Waals surface area contributed by atoms with Gasteiger partial charge in [0.1, 0.15) is 0 Å². The molecule has 0 saturated heterocycles. The van der Waals surface area contributed by atoms with Crippen molar-refractivity contribution in [3.63, 3.8) is 0 Å². The summed E-state index contributed by atoms with van der Waals surface area (Å²) in [6.07, 6.45) is 0.861. The predicted octanol–water partition coefficient (Wildman–Crippen LogP) is 2.99. The van der Waals surface area contributed by atoms with E-state index in [9.17, 15) is 0 Å². The van der Waals surface area contributed by atoms with E-state index in [0.29, 0.717) is 10.5 Å². The molecule has 0 fully saturated rings. The zero-order valence-electron chi connectivity index (χ0n) is 10.8. The van der Waals surface area contributed by atoms with Crippen LogP contribution in [0.25, 0.3) is 5.78 Å². The fraction of sp³-hybridized carbons (Fsp3) is 0.214. The molecule has 0 bridgehead atoms. The number of fused-ring (bicyclic) bond motifs is 1. The molecular weight excluding hydrogens is 256 g/mol. The summed E-state index contributed by atoms with van der Waals surface area (Å²) in [6.45, 7) is 4.08. The Balaban J connectivity index is 2.15. The van der Waals surface area contributed by atoms with Gasteiger partial charge in [-0.3, -0.25) is 5.10 Å². The topological polar surface area (TPSA) is 46.0 Å². The number of aromatic amines is 1. The van der Waals surface area contributed by atoms with Gasteiger partial charge in [0, 0.05) is 17.8 Å². The Morgan fingerprint density at radius 1 is 1.16 bits per heavy atom. The van der Waals surface area contributed by atoms with Crippen LogP contribution in [0.3, 0.4) is 0 Å². The van der Waals surface area contributed by atoms with Crippen LogP contribution >= 0.6 is 12.2 Å². The lowest BCUT2D eigenvalue weighted by atomic mass is 10.0. The van der Waals surface area contributed by atoms with Crippen molar-refractivity contribution >= 4 is 18.0 Å². The third kappa shape index (κ3) is 2.17. The number of nitrogens with one attached hydrogen (secondary N) is 1. The highest BCUT2D eigenvalue weighted by Gasteiger charge is 2.11. The Labute approximate surface area is 116 Å². The Morgan fingerprint density at radius 2 is 1.89 bits per heavy atom. The maximum absolute atomic E-state index is 5.06.